The molecular formula is C23H25N3OS. The summed E-state index contributed by atoms with van der Waals surface area (Å²) >= 11 is 1.63. The number of carbonyl (C=O) groups is 1. The molecule has 0 aliphatic carbocycles. The Morgan fingerprint density at radius 1 is 1.18 bits per heavy atom. The average molecular weight is 392 g/mol. The number of nitrogens with one attached hydrogen (secondary N) is 1. The van der Waals surface area contributed by atoms with Gasteiger partial charge in [-0.05, 0) is 56.1 Å². The molecule has 28 heavy (non-hydrogen) atoms. The van der Waals surface area contributed by atoms with Gasteiger partial charge >= 0.3 is 0 Å². The van der Waals surface area contributed by atoms with Crippen LogP contribution in [0.3, 0.4) is 0 Å². The molecule has 1 amide bonds. The summed E-state index contributed by atoms with van der Waals surface area (Å²) in [4.78, 5) is 21.1. The Balaban J connectivity index is 1.45. The molecule has 0 radical (unpaired) electrons. The fourth-order valence-electron chi connectivity index (χ4n) is 3.79. The first-order valence-corrected chi connectivity index (χ1v) is 10.7. The number of rotatable bonds is 6. The molecule has 4 rings (SSSR count). The number of hydrogen-bond donors (Lipinski definition) is 1. The third-order valence-electron chi connectivity index (χ3n) is 5.18. The Morgan fingerprint density at radius 2 is 2.04 bits per heavy atom. The number of likely N-dealkylation sites (tertiary alicyclic amines) is 1. The molecule has 1 fully saturated rings. The van der Waals surface area contributed by atoms with Gasteiger partial charge in [0, 0.05) is 35.8 Å². The molecular weight excluding hydrogens is 366 g/mol. The van der Waals surface area contributed by atoms with E-state index in [1.165, 1.54) is 16.9 Å². The minimum Gasteiger partial charge on any atom is -0.352 e. The molecule has 1 atom stereocenters. The van der Waals surface area contributed by atoms with Gasteiger partial charge in [0.15, 0.2) is 0 Å². The zero-order valence-electron chi connectivity index (χ0n) is 16.1. The molecule has 3 aromatic rings. The van der Waals surface area contributed by atoms with Crippen LogP contribution in [0.15, 0.2) is 60.8 Å². The van der Waals surface area contributed by atoms with Crippen molar-refractivity contribution in [2.45, 2.75) is 32.4 Å². The molecule has 0 unspecified atom stereocenters. The number of aromatic nitrogens is 1. The van der Waals surface area contributed by atoms with Crippen molar-refractivity contribution in [3.05, 3.63) is 76.1 Å². The Kier molecular flexibility index (Phi) is 5.84. The summed E-state index contributed by atoms with van der Waals surface area (Å²) in [6.45, 7) is 4.64. The highest BCUT2D eigenvalue weighted by Crippen LogP contribution is 2.37. The van der Waals surface area contributed by atoms with Gasteiger partial charge in [0.1, 0.15) is 0 Å². The maximum Gasteiger partial charge on any atom is 0.261 e. The monoisotopic (exact) mass is 391 g/mol. The predicted octanol–water partition coefficient (Wildman–Crippen LogP) is 4.90. The molecule has 4 nitrogen and oxygen atoms in total. The maximum atomic E-state index is 12.1. The summed E-state index contributed by atoms with van der Waals surface area (Å²) < 4.78 is 0. The Bertz CT molecular complexity index is 921. The predicted molar refractivity (Wildman–Crippen MR) is 114 cm³/mol. The maximum absolute atomic E-state index is 12.1. The van der Waals surface area contributed by atoms with Crippen molar-refractivity contribution in [2.75, 3.05) is 13.1 Å². The van der Waals surface area contributed by atoms with Crippen molar-refractivity contribution in [2.24, 2.45) is 0 Å². The van der Waals surface area contributed by atoms with Gasteiger partial charge in [-0.1, -0.05) is 30.3 Å². The van der Waals surface area contributed by atoms with Crippen LogP contribution in [0, 0.1) is 0 Å². The highest BCUT2D eigenvalue weighted by Gasteiger charge is 2.27. The molecule has 1 aliphatic heterocycles. The van der Waals surface area contributed by atoms with Gasteiger partial charge in [-0.15, -0.1) is 11.3 Å². The van der Waals surface area contributed by atoms with Crippen molar-refractivity contribution in [1.82, 2.24) is 15.2 Å². The van der Waals surface area contributed by atoms with Crippen molar-refractivity contribution >= 4 is 17.2 Å². The Labute approximate surface area is 170 Å². The van der Waals surface area contributed by atoms with Gasteiger partial charge < -0.3 is 5.32 Å². The average Bonchev–Trinajstić information content (AvgIpc) is 3.39. The van der Waals surface area contributed by atoms with E-state index in [2.05, 4.69) is 45.5 Å². The van der Waals surface area contributed by atoms with Crippen LogP contribution in [0.1, 0.15) is 45.9 Å². The number of benzene rings is 1. The van der Waals surface area contributed by atoms with Crippen LogP contribution in [0.5, 0.6) is 0 Å². The number of amides is 1. The van der Waals surface area contributed by atoms with Gasteiger partial charge in [-0.3, -0.25) is 14.7 Å². The summed E-state index contributed by atoms with van der Waals surface area (Å²) in [7, 11) is 0. The number of pyridine rings is 1. The summed E-state index contributed by atoms with van der Waals surface area (Å²) in [6, 6.07) is 19.2. The Morgan fingerprint density at radius 3 is 2.79 bits per heavy atom. The fraction of sp³-hybridized carbons (Fsp3) is 0.304. The largest absolute Gasteiger partial charge is 0.352 e. The van der Waals surface area contributed by atoms with E-state index in [1.54, 1.807) is 11.3 Å². The molecule has 1 aliphatic rings. The van der Waals surface area contributed by atoms with E-state index < -0.39 is 0 Å². The zero-order chi connectivity index (χ0) is 19.3. The standard InChI is InChI=1S/C23H25N3OS/c1-2-24-23(27)22-13-12-21(28-22)20-7-5-15-26(20)16-17-8-10-18(11-9-17)19-6-3-4-14-25-19/h3-4,6,8-14,20H,2,5,7,15-16H2,1H3,(H,24,27)/t20-/m0/s1. The lowest BCUT2D eigenvalue weighted by atomic mass is 10.1. The molecule has 0 saturated carbocycles. The van der Waals surface area contributed by atoms with Crippen molar-refractivity contribution < 1.29 is 4.79 Å². The molecule has 144 valence electrons. The van der Waals surface area contributed by atoms with E-state index >= 15 is 0 Å². The highest BCUT2D eigenvalue weighted by atomic mass is 32.1. The van der Waals surface area contributed by atoms with Crippen LogP contribution in [-0.2, 0) is 6.54 Å². The number of nitrogens with zero attached hydrogens (tertiary/aromatic N) is 2. The molecule has 1 N–H and O–H groups in total. The zero-order valence-corrected chi connectivity index (χ0v) is 16.9. The van der Waals surface area contributed by atoms with Crippen LogP contribution in [0.4, 0.5) is 0 Å². The number of thiophene rings is 1. The van der Waals surface area contributed by atoms with Gasteiger partial charge in [-0.25, -0.2) is 0 Å². The highest BCUT2D eigenvalue weighted by molar-refractivity contribution is 7.14. The Hall–Kier alpha value is -2.50. The molecule has 0 spiro atoms. The summed E-state index contributed by atoms with van der Waals surface area (Å²) in [6.07, 6.45) is 4.18. The van der Waals surface area contributed by atoms with E-state index in [4.69, 9.17) is 0 Å². The van der Waals surface area contributed by atoms with Gasteiger partial charge in [-0.2, -0.15) is 0 Å². The second-order valence-electron chi connectivity index (χ2n) is 7.10. The van der Waals surface area contributed by atoms with Crippen molar-refractivity contribution in [1.29, 1.82) is 0 Å². The van der Waals surface area contributed by atoms with E-state index in [1.807, 2.05) is 37.4 Å². The molecule has 0 bridgehead atoms. The van der Waals surface area contributed by atoms with Gasteiger partial charge in [0.05, 0.1) is 10.6 Å². The summed E-state index contributed by atoms with van der Waals surface area (Å²) in [5.41, 5.74) is 3.46. The van der Waals surface area contributed by atoms with Crippen LogP contribution in [0.25, 0.3) is 11.3 Å². The van der Waals surface area contributed by atoms with E-state index in [9.17, 15) is 4.79 Å². The molecule has 5 heteroatoms. The van der Waals surface area contributed by atoms with E-state index in [-0.39, 0.29) is 5.91 Å². The second kappa shape index (κ2) is 8.67. The third-order valence-corrected chi connectivity index (χ3v) is 6.37. The normalized spacial score (nSPS) is 17.0. The molecule has 2 aromatic heterocycles. The first kappa shape index (κ1) is 18.8. The van der Waals surface area contributed by atoms with Crippen LogP contribution < -0.4 is 5.32 Å². The first-order valence-electron chi connectivity index (χ1n) is 9.87. The number of carbonyl (C=O) groups excluding carboxylic acids is 1. The molecule has 1 saturated heterocycles. The lowest BCUT2D eigenvalue weighted by Crippen LogP contribution is -2.22. The summed E-state index contributed by atoms with van der Waals surface area (Å²) in [5, 5.41) is 2.89. The SMILES string of the molecule is CCNC(=O)c1ccc([C@@H]2CCCN2Cc2ccc(-c3ccccn3)cc2)s1. The van der Waals surface area contributed by atoms with E-state index in [0.29, 0.717) is 12.6 Å². The quantitative estimate of drug-likeness (QED) is 0.650. The first-order chi connectivity index (χ1) is 13.7. The van der Waals surface area contributed by atoms with Crippen LogP contribution in [-0.4, -0.2) is 28.9 Å². The smallest absolute Gasteiger partial charge is 0.261 e. The summed E-state index contributed by atoms with van der Waals surface area (Å²) in [5.74, 6) is 0.0356. The van der Waals surface area contributed by atoms with E-state index in [0.717, 1.165) is 35.6 Å². The molecule has 1 aromatic carbocycles. The number of hydrogen-bond acceptors (Lipinski definition) is 4. The van der Waals surface area contributed by atoms with Gasteiger partial charge in [0.2, 0.25) is 0 Å². The van der Waals surface area contributed by atoms with Crippen molar-refractivity contribution in [3.8, 4) is 11.3 Å². The van der Waals surface area contributed by atoms with Gasteiger partial charge in [0.25, 0.3) is 5.91 Å². The molecule has 3 heterocycles. The lowest BCUT2D eigenvalue weighted by molar-refractivity contribution is 0.0960. The minimum absolute atomic E-state index is 0.0356. The fourth-order valence-corrected chi connectivity index (χ4v) is 4.88. The topological polar surface area (TPSA) is 45.2 Å². The minimum atomic E-state index is 0.0356. The van der Waals surface area contributed by atoms with Crippen LogP contribution >= 0.6 is 11.3 Å². The van der Waals surface area contributed by atoms with Crippen LogP contribution in [0.2, 0.25) is 0 Å². The third kappa shape index (κ3) is 4.16. The lowest BCUT2D eigenvalue weighted by Gasteiger charge is -2.23. The second-order valence-corrected chi connectivity index (χ2v) is 8.22. The van der Waals surface area contributed by atoms with Crippen molar-refractivity contribution in [3.63, 3.8) is 0 Å².